The van der Waals surface area contributed by atoms with Crippen LogP contribution in [0, 0.1) is 30.0 Å². The molecule has 4 atom stereocenters. The van der Waals surface area contributed by atoms with Gasteiger partial charge in [-0.1, -0.05) is 12.1 Å². The Labute approximate surface area is 157 Å². The topological polar surface area (TPSA) is 78.1 Å². The third kappa shape index (κ3) is 3.60. The Morgan fingerprint density at radius 3 is 2.85 bits per heavy atom. The standard InChI is InChI=1S/C21H22FN3O2/c1-12-2-7-19(27-12)14-4-3-13(18(22)10-14)8-17(11-23)25-21(26)20-15-5-6-16(9-15)24-20/h2-4,7,10,15-17,20,24H,5-6,8-9H2,1H3,(H,25,26). The van der Waals surface area contributed by atoms with Crippen LogP contribution in [0.25, 0.3) is 11.3 Å². The summed E-state index contributed by atoms with van der Waals surface area (Å²) in [6.07, 6.45) is 3.32. The van der Waals surface area contributed by atoms with Crippen molar-refractivity contribution in [1.29, 1.82) is 5.26 Å². The predicted octanol–water partition coefficient (Wildman–Crippen LogP) is 3.09. The molecule has 2 aliphatic rings. The predicted molar refractivity (Wildman–Crippen MR) is 98.1 cm³/mol. The molecule has 140 valence electrons. The van der Waals surface area contributed by atoms with Gasteiger partial charge in [-0.25, -0.2) is 4.39 Å². The summed E-state index contributed by atoms with van der Waals surface area (Å²) >= 11 is 0. The molecule has 0 spiro atoms. The van der Waals surface area contributed by atoms with Gasteiger partial charge in [-0.3, -0.25) is 4.79 Å². The van der Waals surface area contributed by atoms with Gasteiger partial charge in [-0.15, -0.1) is 0 Å². The number of amides is 1. The number of nitrogens with zero attached hydrogens (tertiary/aromatic N) is 1. The van der Waals surface area contributed by atoms with Crippen molar-refractivity contribution in [2.75, 3.05) is 0 Å². The Hall–Kier alpha value is -2.65. The van der Waals surface area contributed by atoms with Crippen LogP contribution in [-0.4, -0.2) is 24.0 Å². The molecule has 2 fully saturated rings. The number of carbonyl (C=O) groups is 1. The van der Waals surface area contributed by atoms with E-state index in [9.17, 15) is 14.4 Å². The van der Waals surface area contributed by atoms with Crippen LogP contribution < -0.4 is 10.6 Å². The van der Waals surface area contributed by atoms with Gasteiger partial charge in [0.05, 0.1) is 12.1 Å². The molecule has 4 rings (SSSR count). The largest absolute Gasteiger partial charge is 0.461 e. The second-order valence-corrected chi connectivity index (χ2v) is 7.53. The van der Waals surface area contributed by atoms with E-state index in [2.05, 4.69) is 16.7 Å². The second-order valence-electron chi connectivity index (χ2n) is 7.53. The number of halogens is 1. The van der Waals surface area contributed by atoms with E-state index in [0.29, 0.717) is 28.8 Å². The van der Waals surface area contributed by atoms with Gasteiger partial charge in [-0.2, -0.15) is 5.26 Å². The van der Waals surface area contributed by atoms with Gasteiger partial charge in [0.1, 0.15) is 23.4 Å². The molecular weight excluding hydrogens is 345 g/mol. The minimum Gasteiger partial charge on any atom is -0.461 e. The maximum absolute atomic E-state index is 14.5. The van der Waals surface area contributed by atoms with Crippen molar-refractivity contribution in [3.8, 4) is 17.4 Å². The summed E-state index contributed by atoms with van der Waals surface area (Å²) in [6.45, 7) is 1.83. The summed E-state index contributed by atoms with van der Waals surface area (Å²) in [5, 5.41) is 15.5. The Kier molecular flexibility index (Phi) is 4.71. The Morgan fingerprint density at radius 2 is 2.26 bits per heavy atom. The Bertz CT molecular complexity index is 901. The number of hydrogen-bond donors (Lipinski definition) is 2. The molecule has 2 N–H and O–H groups in total. The van der Waals surface area contributed by atoms with Crippen LogP contribution in [0.3, 0.4) is 0 Å². The van der Waals surface area contributed by atoms with Gasteiger partial charge in [0.15, 0.2) is 0 Å². The summed E-state index contributed by atoms with van der Waals surface area (Å²) in [6, 6.07) is 9.95. The number of carbonyl (C=O) groups excluding carboxylic acids is 1. The lowest BCUT2D eigenvalue weighted by Gasteiger charge is -2.23. The van der Waals surface area contributed by atoms with Crippen molar-refractivity contribution in [2.24, 2.45) is 5.92 Å². The lowest BCUT2D eigenvalue weighted by molar-refractivity contribution is -0.124. The lowest BCUT2D eigenvalue weighted by Crippen LogP contribution is -2.50. The number of nitrogens with one attached hydrogen (secondary N) is 2. The van der Waals surface area contributed by atoms with Crippen LogP contribution in [0.15, 0.2) is 34.7 Å². The van der Waals surface area contributed by atoms with Crippen molar-refractivity contribution >= 4 is 5.91 Å². The van der Waals surface area contributed by atoms with Crippen LogP contribution in [0.1, 0.15) is 30.6 Å². The van der Waals surface area contributed by atoms with E-state index in [0.717, 1.165) is 25.0 Å². The van der Waals surface area contributed by atoms with E-state index in [4.69, 9.17) is 4.42 Å². The molecule has 2 aromatic rings. The highest BCUT2D eigenvalue weighted by Crippen LogP contribution is 2.35. The smallest absolute Gasteiger partial charge is 0.238 e. The fraction of sp³-hybridized carbons (Fsp3) is 0.429. The molecule has 5 nitrogen and oxygen atoms in total. The van der Waals surface area contributed by atoms with Crippen molar-refractivity contribution in [3.63, 3.8) is 0 Å². The molecule has 1 aliphatic heterocycles. The molecule has 6 heteroatoms. The average molecular weight is 367 g/mol. The van der Waals surface area contributed by atoms with Crippen molar-refractivity contribution in [1.82, 2.24) is 10.6 Å². The average Bonchev–Trinajstić information content (AvgIpc) is 3.39. The van der Waals surface area contributed by atoms with Crippen molar-refractivity contribution < 1.29 is 13.6 Å². The highest BCUT2D eigenvalue weighted by molar-refractivity contribution is 5.83. The first kappa shape index (κ1) is 17.7. The Balaban J connectivity index is 1.42. The number of aryl methyl sites for hydroxylation is 1. The molecule has 1 amide bonds. The van der Waals surface area contributed by atoms with Gasteiger partial charge in [0.2, 0.25) is 5.91 Å². The zero-order valence-corrected chi connectivity index (χ0v) is 15.2. The maximum Gasteiger partial charge on any atom is 0.238 e. The van der Waals surface area contributed by atoms with Crippen LogP contribution in [0.4, 0.5) is 4.39 Å². The van der Waals surface area contributed by atoms with E-state index in [1.807, 2.05) is 13.0 Å². The van der Waals surface area contributed by atoms with Crippen LogP contribution >= 0.6 is 0 Å². The third-order valence-corrected chi connectivity index (χ3v) is 5.62. The molecular formula is C21H22FN3O2. The van der Waals surface area contributed by atoms with E-state index >= 15 is 0 Å². The van der Waals surface area contributed by atoms with Gasteiger partial charge in [-0.05, 0) is 55.9 Å². The first-order chi connectivity index (χ1) is 13.0. The fourth-order valence-corrected chi connectivity index (χ4v) is 4.22. The number of hydrogen-bond acceptors (Lipinski definition) is 4. The maximum atomic E-state index is 14.5. The van der Waals surface area contributed by atoms with Crippen molar-refractivity contribution in [2.45, 2.75) is 50.7 Å². The number of furan rings is 1. The lowest BCUT2D eigenvalue weighted by atomic mass is 9.98. The molecule has 2 bridgehead atoms. The number of nitriles is 1. The SMILES string of the molecule is Cc1ccc(-c2ccc(CC(C#N)NC(=O)C3NC4CCC3C4)c(F)c2)o1. The molecule has 1 aromatic heterocycles. The van der Waals surface area contributed by atoms with E-state index in [-0.39, 0.29) is 18.4 Å². The van der Waals surface area contributed by atoms with Crippen LogP contribution in [0.2, 0.25) is 0 Å². The molecule has 27 heavy (non-hydrogen) atoms. The molecule has 1 aliphatic carbocycles. The number of piperidine rings is 1. The highest BCUT2D eigenvalue weighted by atomic mass is 19.1. The molecule has 0 radical (unpaired) electrons. The normalized spacial score (nSPS) is 24.6. The highest BCUT2D eigenvalue weighted by Gasteiger charge is 2.43. The zero-order chi connectivity index (χ0) is 19.0. The molecule has 4 unspecified atom stereocenters. The van der Waals surface area contributed by atoms with Gasteiger partial charge < -0.3 is 15.1 Å². The van der Waals surface area contributed by atoms with E-state index in [1.165, 1.54) is 6.07 Å². The van der Waals surface area contributed by atoms with Gasteiger partial charge in [0, 0.05) is 18.0 Å². The summed E-state index contributed by atoms with van der Waals surface area (Å²) in [5.41, 5.74) is 1.04. The quantitative estimate of drug-likeness (QED) is 0.851. The van der Waals surface area contributed by atoms with E-state index in [1.54, 1.807) is 18.2 Å². The summed E-state index contributed by atoms with van der Waals surface area (Å²) in [5.74, 6) is 1.15. The first-order valence-electron chi connectivity index (χ1n) is 9.35. The monoisotopic (exact) mass is 367 g/mol. The van der Waals surface area contributed by atoms with Crippen LogP contribution in [0.5, 0.6) is 0 Å². The Morgan fingerprint density at radius 1 is 1.41 bits per heavy atom. The molecule has 1 saturated carbocycles. The van der Waals surface area contributed by atoms with Crippen LogP contribution in [-0.2, 0) is 11.2 Å². The molecule has 2 heterocycles. The summed E-state index contributed by atoms with van der Waals surface area (Å²) < 4.78 is 20.0. The minimum absolute atomic E-state index is 0.131. The van der Waals surface area contributed by atoms with E-state index < -0.39 is 11.9 Å². The van der Waals surface area contributed by atoms with Crippen molar-refractivity contribution in [3.05, 3.63) is 47.5 Å². The summed E-state index contributed by atoms with van der Waals surface area (Å²) in [4.78, 5) is 12.5. The minimum atomic E-state index is -0.760. The zero-order valence-electron chi connectivity index (χ0n) is 15.2. The first-order valence-corrected chi connectivity index (χ1v) is 9.35. The number of benzene rings is 1. The van der Waals surface area contributed by atoms with Gasteiger partial charge >= 0.3 is 0 Å². The molecule has 1 aromatic carbocycles. The molecule has 1 saturated heterocycles. The third-order valence-electron chi connectivity index (χ3n) is 5.62. The second kappa shape index (κ2) is 7.16. The van der Waals surface area contributed by atoms with Gasteiger partial charge in [0.25, 0.3) is 0 Å². The number of fused-ring (bicyclic) bond motifs is 2. The number of rotatable bonds is 5. The summed E-state index contributed by atoms with van der Waals surface area (Å²) in [7, 11) is 0. The fourth-order valence-electron chi connectivity index (χ4n) is 4.22.